The first-order chi connectivity index (χ1) is 11.1. The molecule has 0 unspecified atom stereocenters. The first-order valence-electron chi connectivity index (χ1n) is 7.17. The smallest absolute Gasteiger partial charge is 0.238 e. The number of amides is 1. The van der Waals surface area contributed by atoms with Gasteiger partial charge in [0.25, 0.3) is 0 Å². The number of benzene rings is 2. The van der Waals surface area contributed by atoms with E-state index in [-0.39, 0.29) is 12.5 Å². The fourth-order valence-electron chi connectivity index (χ4n) is 2.04. The molecule has 0 aromatic heterocycles. The van der Waals surface area contributed by atoms with Crippen LogP contribution in [0, 0.1) is 0 Å². The zero-order chi connectivity index (χ0) is 16.7. The van der Waals surface area contributed by atoms with Crippen molar-refractivity contribution in [3.05, 3.63) is 58.1 Å². The molecule has 0 saturated heterocycles. The van der Waals surface area contributed by atoms with Gasteiger partial charge in [-0.3, -0.25) is 4.79 Å². The molecule has 0 bridgehead atoms. The molecule has 122 valence electrons. The Morgan fingerprint density at radius 1 is 1.13 bits per heavy atom. The minimum absolute atomic E-state index is 0.123. The van der Waals surface area contributed by atoms with Crippen molar-refractivity contribution in [2.24, 2.45) is 0 Å². The summed E-state index contributed by atoms with van der Waals surface area (Å²) < 4.78 is 5.07. The number of hydrogen-bond donors (Lipinski definition) is 2. The second kappa shape index (κ2) is 8.77. The number of ether oxygens (including phenoxy) is 1. The largest absolute Gasteiger partial charge is 0.495 e. The molecule has 0 aliphatic heterocycles. The Labute approximate surface area is 145 Å². The van der Waals surface area contributed by atoms with Gasteiger partial charge in [0.1, 0.15) is 5.75 Å². The summed E-state index contributed by atoms with van der Waals surface area (Å²) in [5.74, 6) is 0.452. The van der Waals surface area contributed by atoms with E-state index in [1.54, 1.807) is 25.3 Å². The highest BCUT2D eigenvalue weighted by atomic mass is 35.5. The molecule has 2 aromatic carbocycles. The molecule has 2 aromatic rings. The van der Waals surface area contributed by atoms with E-state index >= 15 is 0 Å². The fourth-order valence-corrected chi connectivity index (χ4v) is 2.42. The number of methoxy groups -OCH3 is 1. The molecule has 6 heteroatoms. The number of rotatable bonds is 7. The molecule has 1 amide bonds. The molecule has 0 aliphatic carbocycles. The lowest BCUT2D eigenvalue weighted by Crippen LogP contribution is -2.29. The summed E-state index contributed by atoms with van der Waals surface area (Å²) in [6.07, 6.45) is 0.832. The van der Waals surface area contributed by atoms with E-state index < -0.39 is 0 Å². The third-order valence-corrected chi connectivity index (χ3v) is 3.77. The van der Waals surface area contributed by atoms with E-state index in [1.807, 2.05) is 24.3 Å². The Morgan fingerprint density at radius 2 is 1.87 bits per heavy atom. The van der Waals surface area contributed by atoms with Crippen molar-refractivity contribution < 1.29 is 9.53 Å². The van der Waals surface area contributed by atoms with E-state index in [1.165, 1.54) is 5.56 Å². The number of halogens is 2. The van der Waals surface area contributed by atoms with Crippen LogP contribution in [0.3, 0.4) is 0 Å². The topological polar surface area (TPSA) is 50.4 Å². The van der Waals surface area contributed by atoms with Gasteiger partial charge >= 0.3 is 0 Å². The van der Waals surface area contributed by atoms with E-state index in [0.717, 1.165) is 11.4 Å². The molecule has 0 atom stereocenters. The molecule has 0 saturated carbocycles. The van der Waals surface area contributed by atoms with E-state index in [2.05, 4.69) is 10.6 Å². The summed E-state index contributed by atoms with van der Waals surface area (Å²) in [6.45, 7) is 0.940. The van der Waals surface area contributed by atoms with Crippen LogP contribution in [0.5, 0.6) is 5.75 Å². The van der Waals surface area contributed by atoms with E-state index in [4.69, 9.17) is 27.9 Å². The third kappa shape index (κ3) is 5.75. The first kappa shape index (κ1) is 17.6. The van der Waals surface area contributed by atoms with Gasteiger partial charge < -0.3 is 15.4 Å². The normalized spacial score (nSPS) is 10.4. The minimum atomic E-state index is -0.123. The van der Waals surface area contributed by atoms with Crippen LogP contribution in [-0.4, -0.2) is 26.1 Å². The van der Waals surface area contributed by atoms with Crippen LogP contribution >= 0.6 is 23.2 Å². The van der Waals surface area contributed by atoms with Gasteiger partial charge in [-0.05, 0) is 48.9 Å². The highest BCUT2D eigenvalue weighted by Gasteiger charge is 2.05. The van der Waals surface area contributed by atoms with Crippen LogP contribution in [-0.2, 0) is 11.2 Å². The maximum atomic E-state index is 11.9. The molecule has 0 spiro atoms. The second-order valence-electron chi connectivity index (χ2n) is 4.95. The third-order valence-electron chi connectivity index (χ3n) is 3.22. The van der Waals surface area contributed by atoms with Crippen molar-refractivity contribution >= 4 is 34.8 Å². The molecule has 4 nitrogen and oxygen atoms in total. The zero-order valence-corrected chi connectivity index (χ0v) is 14.2. The highest BCUT2D eigenvalue weighted by Crippen LogP contribution is 2.27. The molecule has 2 rings (SSSR count). The Bertz CT molecular complexity index is 660. The predicted molar refractivity (Wildman–Crippen MR) is 94.7 cm³/mol. The van der Waals surface area contributed by atoms with Crippen molar-refractivity contribution in [1.82, 2.24) is 5.32 Å². The van der Waals surface area contributed by atoms with Crippen molar-refractivity contribution in [1.29, 1.82) is 0 Å². The van der Waals surface area contributed by atoms with Crippen molar-refractivity contribution in [2.75, 3.05) is 25.5 Å². The maximum Gasteiger partial charge on any atom is 0.238 e. The van der Waals surface area contributed by atoms with Gasteiger partial charge in [-0.2, -0.15) is 0 Å². The molecule has 2 N–H and O–H groups in total. The van der Waals surface area contributed by atoms with Crippen molar-refractivity contribution in [3.63, 3.8) is 0 Å². The van der Waals surface area contributed by atoms with Crippen LogP contribution in [0.1, 0.15) is 5.56 Å². The average molecular weight is 353 g/mol. The van der Waals surface area contributed by atoms with Gasteiger partial charge in [0.05, 0.1) is 18.7 Å². The summed E-state index contributed by atoms with van der Waals surface area (Å²) in [5, 5.41) is 7.07. The van der Waals surface area contributed by atoms with Crippen molar-refractivity contribution in [2.45, 2.75) is 6.42 Å². The zero-order valence-electron chi connectivity index (χ0n) is 12.7. The van der Waals surface area contributed by atoms with Crippen LogP contribution in [0.4, 0.5) is 5.69 Å². The summed E-state index contributed by atoms with van der Waals surface area (Å²) in [4.78, 5) is 11.9. The lowest BCUT2D eigenvalue weighted by atomic mass is 10.1. The Hall–Kier alpha value is -1.75. The van der Waals surface area contributed by atoms with Gasteiger partial charge in [0.2, 0.25) is 5.91 Å². The van der Waals surface area contributed by atoms with Crippen LogP contribution in [0.15, 0.2) is 42.5 Å². The fraction of sp³-hybridized carbons (Fsp3) is 0.235. The van der Waals surface area contributed by atoms with Gasteiger partial charge in [0.15, 0.2) is 0 Å². The van der Waals surface area contributed by atoms with Gasteiger partial charge in [0, 0.05) is 10.7 Å². The Balaban J connectivity index is 1.72. The lowest BCUT2D eigenvalue weighted by Gasteiger charge is -2.09. The number of nitrogens with one attached hydrogen (secondary N) is 2. The lowest BCUT2D eigenvalue weighted by molar-refractivity contribution is -0.115. The van der Waals surface area contributed by atoms with Crippen LogP contribution in [0.25, 0.3) is 0 Å². The molecule has 0 fully saturated rings. The molecule has 0 heterocycles. The Morgan fingerprint density at radius 3 is 2.52 bits per heavy atom. The standard InChI is InChI=1S/C17H18Cl2N2O2/c1-23-16-7-6-14(10-15(16)19)21-17(22)11-20-9-8-12-2-4-13(18)5-3-12/h2-7,10,20H,8-9,11H2,1H3,(H,21,22). The predicted octanol–water partition coefficient (Wildman–Crippen LogP) is 3.77. The van der Waals surface area contributed by atoms with E-state index in [0.29, 0.717) is 23.0 Å². The number of anilines is 1. The SMILES string of the molecule is COc1ccc(NC(=O)CNCCc2ccc(Cl)cc2)cc1Cl. The monoisotopic (exact) mass is 352 g/mol. The van der Waals surface area contributed by atoms with E-state index in [9.17, 15) is 4.79 Å². The average Bonchev–Trinajstić information content (AvgIpc) is 2.53. The highest BCUT2D eigenvalue weighted by molar-refractivity contribution is 6.32. The number of hydrogen-bond acceptors (Lipinski definition) is 3. The second-order valence-corrected chi connectivity index (χ2v) is 5.79. The molecular formula is C17H18Cl2N2O2. The molecular weight excluding hydrogens is 335 g/mol. The summed E-state index contributed by atoms with van der Waals surface area (Å²) >= 11 is 11.9. The molecule has 0 radical (unpaired) electrons. The first-order valence-corrected chi connectivity index (χ1v) is 7.92. The van der Waals surface area contributed by atoms with Crippen LogP contribution in [0.2, 0.25) is 10.0 Å². The maximum absolute atomic E-state index is 11.9. The number of carbonyl (C=O) groups excluding carboxylic acids is 1. The summed E-state index contributed by atoms with van der Waals surface area (Å²) in [6, 6.07) is 12.8. The minimum Gasteiger partial charge on any atom is -0.495 e. The van der Waals surface area contributed by atoms with Gasteiger partial charge in [-0.25, -0.2) is 0 Å². The van der Waals surface area contributed by atoms with Crippen LogP contribution < -0.4 is 15.4 Å². The number of carbonyl (C=O) groups is 1. The van der Waals surface area contributed by atoms with Gasteiger partial charge in [-0.1, -0.05) is 35.3 Å². The summed E-state index contributed by atoms with van der Waals surface area (Å²) in [7, 11) is 1.55. The van der Waals surface area contributed by atoms with Crippen molar-refractivity contribution in [3.8, 4) is 5.75 Å². The quantitative estimate of drug-likeness (QED) is 0.745. The molecule has 0 aliphatic rings. The molecule has 23 heavy (non-hydrogen) atoms. The van der Waals surface area contributed by atoms with Gasteiger partial charge in [-0.15, -0.1) is 0 Å². The summed E-state index contributed by atoms with van der Waals surface area (Å²) in [5.41, 5.74) is 1.81. The Kier molecular flexibility index (Phi) is 6.71.